The number of benzene rings is 1. The largest absolute Gasteiger partial charge is 0.399 e. The molecule has 0 saturated carbocycles. The molecule has 3 heteroatoms. The average molecular weight is 207 g/mol. The van der Waals surface area contributed by atoms with Gasteiger partial charge in [0.1, 0.15) is 0 Å². The van der Waals surface area contributed by atoms with Crippen LogP contribution in [0.15, 0.2) is 24.3 Å². The lowest BCUT2D eigenvalue weighted by Crippen LogP contribution is -2.15. The number of nitrogens with two attached hydrogens (primary N) is 2. The molecule has 84 valence electrons. The molecule has 1 aromatic carbocycles. The fourth-order valence-electron chi connectivity index (χ4n) is 1.53. The Labute approximate surface area is 91.9 Å². The van der Waals surface area contributed by atoms with E-state index in [0.29, 0.717) is 6.04 Å². The van der Waals surface area contributed by atoms with Crippen molar-refractivity contribution in [3.05, 3.63) is 24.3 Å². The fourth-order valence-corrected chi connectivity index (χ4v) is 1.53. The Morgan fingerprint density at radius 1 is 1.20 bits per heavy atom. The molecule has 0 aromatic heterocycles. The zero-order chi connectivity index (χ0) is 11.1. The highest BCUT2D eigenvalue weighted by Gasteiger charge is 2.00. The van der Waals surface area contributed by atoms with Crippen LogP contribution in [0.3, 0.4) is 0 Å². The zero-order valence-electron chi connectivity index (χ0n) is 9.37. The Kier molecular flexibility index (Phi) is 4.98. The molecule has 0 radical (unpaired) electrons. The van der Waals surface area contributed by atoms with Crippen molar-refractivity contribution >= 4 is 11.4 Å². The van der Waals surface area contributed by atoms with Crippen molar-refractivity contribution in [1.29, 1.82) is 0 Å². The summed E-state index contributed by atoms with van der Waals surface area (Å²) in [6.07, 6.45) is 3.44. The van der Waals surface area contributed by atoms with Crippen molar-refractivity contribution in [2.45, 2.75) is 32.2 Å². The summed E-state index contributed by atoms with van der Waals surface area (Å²) >= 11 is 0. The molecule has 0 fully saturated rings. The van der Waals surface area contributed by atoms with Gasteiger partial charge in [-0.25, -0.2) is 0 Å². The summed E-state index contributed by atoms with van der Waals surface area (Å²) in [7, 11) is 0. The number of hydrogen-bond donors (Lipinski definition) is 3. The Balaban J connectivity index is 2.31. The molecule has 0 amide bonds. The zero-order valence-corrected chi connectivity index (χ0v) is 9.37. The monoisotopic (exact) mass is 207 g/mol. The van der Waals surface area contributed by atoms with Crippen LogP contribution in [0.1, 0.15) is 26.2 Å². The number of unbranched alkanes of at least 4 members (excludes halogenated alkanes) is 1. The second-order valence-electron chi connectivity index (χ2n) is 3.95. The topological polar surface area (TPSA) is 64.1 Å². The van der Waals surface area contributed by atoms with Gasteiger partial charge < -0.3 is 16.8 Å². The van der Waals surface area contributed by atoms with Crippen molar-refractivity contribution in [2.24, 2.45) is 5.73 Å². The van der Waals surface area contributed by atoms with E-state index in [4.69, 9.17) is 11.5 Å². The summed E-state index contributed by atoms with van der Waals surface area (Å²) in [4.78, 5) is 0. The van der Waals surface area contributed by atoms with Crippen LogP contribution in [0.25, 0.3) is 0 Å². The summed E-state index contributed by atoms with van der Waals surface area (Å²) in [5, 5.41) is 3.43. The van der Waals surface area contributed by atoms with Crippen LogP contribution in [0, 0.1) is 0 Å². The minimum atomic E-state index is 0.486. The quantitative estimate of drug-likeness (QED) is 0.495. The van der Waals surface area contributed by atoms with E-state index in [0.717, 1.165) is 30.8 Å². The molecule has 0 aliphatic rings. The van der Waals surface area contributed by atoms with Crippen LogP contribution in [-0.4, -0.2) is 12.6 Å². The Hall–Kier alpha value is -1.22. The second kappa shape index (κ2) is 6.30. The van der Waals surface area contributed by atoms with Gasteiger partial charge in [-0.1, -0.05) is 6.42 Å². The molecule has 3 nitrogen and oxygen atoms in total. The lowest BCUT2D eigenvalue weighted by atomic mass is 10.1. The Bertz CT molecular complexity index is 269. The van der Waals surface area contributed by atoms with Gasteiger partial charge in [0.15, 0.2) is 0 Å². The van der Waals surface area contributed by atoms with Crippen molar-refractivity contribution in [3.63, 3.8) is 0 Å². The van der Waals surface area contributed by atoms with Gasteiger partial charge in [0, 0.05) is 17.4 Å². The Morgan fingerprint density at radius 3 is 2.47 bits per heavy atom. The molecular weight excluding hydrogens is 186 g/mol. The number of hydrogen-bond acceptors (Lipinski definition) is 3. The third-order valence-electron chi connectivity index (χ3n) is 2.42. The third kappa shape index (κ3) is 4.70. The Morgan fingerprint density at radius 2 is 1.87 bits per heavy atom. The van der Waals surface area contributed by atoms with Crippen LogP contribution in [0.5, 0.6) is 0 Å². The molecule has 0 spiro atoms. The van der Waals surface area contributed by atoms with E-state index in [1.54, 1.807) is 0 Å². The number of nitrogens with one attached hydrogen (secondary N) is 1. The maximum absolute atomic E-state index is 5.61. The molecular formula is C12H21N3. The molecule has 15 heavy (non-hydrogen) atoms. The molecule has 1 aromatic rings. The van der Waals surface area contributed by atoms with Crippen LogP contribution in [0.2, 0.25) is 0 Å². The summed E-state index contributed by atoms with van der Waals surface area (Å²) in [6, 6.07) is 8.33. The molecule has 1 atom stereocenters. The van der Waals surface area contributed by atoms with Crippen LogP contribution in [-0.2, 0) is 0 Å². The summed E-state index contributed by atoms with van der Waals surface area (Å²) in [5.74, 6) is 0. The van der Waals surface area contributed by atoms with Gasteiger partial charge in [0.05, 0.1) is 0 Å². The lowest BCUT2D eigenvalue weighted by Gasteiger charge is -2.14. The number of nitrogen functional groups attached to an aromatic ring is 1. The van der Waals surface area contributed by atoms with E-state index < -0.39 is 0 Å². The highest BCUT2D eigenvalue weighted by atomic mass is 14.9. The normalized spacial score (nSPS) is 12.4. The molecule has 0 saturated heterocycles. The van der Waals surface area contributed by atoms with Gasteiger partial charge in [0.25, 0.3) is 0 Å². The SMILES string of the molecule is CC(CCCCN)Nc1ccc(N)cc1. The molecule has 0 bridgehead atoms. The van der Waals surface area contributed by atoms with Crippen LogP contribution < -0.4 is 16.8 Å². The molecule has 5 N–H and O–H groups in total. The predicted molar refractivity (Wildman–Crippen MR) is 66.8 cm³/mol. The van der Waals surface area contributed by atoms with E-state index in [2.05, 4.69) is 12.2 Å². The molecule has 0 aliphatic carbocycles. The van der Waals surface area contributed by atoms with E-state index >= 15 is 0 Å². The predicted octanol–water partition coefficient (Wildman–Crippen LogP) is 2.20. The van der Waals surface area contributed by atoms with Crippen molar-refractivity contribution in [1.82, 2.24) is 0 Å². The van der Waals surface area contributed by atoms with Crippen LogP contribution in [0.4, 0.5) is 11.4 Å². The summed E-state index contributed by atoms with van der Waals surface area (Å²) < 4.78 is 0. The van der Waals surface area contributed by atoms with Gasteiger partial charge in [-0.15, -0.1) is 0 Å². The van der Waals surface area contributed by atoms with Gasteiger partial charge in [-0.2, -0.15) is 0 Å². The van der Waals surface area contributed by atoms with Crippen molar-refractivity contribution in [2.75, 3.05) is 17.6 Å². The number of anilines is 2. The smallest absolute Gasteiger partial charge is 0.0343 e. The molecule has 0 aliphatic heterocycles. The highest BCUT2D eigenvalue weighted by Crippen LogP contribution is 2.13. The summed E-state index contributed by atoms with van der Waals surface area (Å²) in [6.45, 7) is 2.97. The fraction of sp³-hybridized carbons (Fsp3) is 0.500. The van der Waals surface area contributed by atoms with E-state index in [9.17, 15) is 0 Å². The van der Waals surface area contributed by atoms with Gasteiger partial charge in [-0.05, 0) is 50.6 Å². The lowest BCUT2D eigenvalue weighted by molar-refractivity contribution is 0.628. The van der Waals surface area contributed by atoms with Gasteiger partial charge in [0.2, 0.25) is 0 Å². The molecule has 1 rings (SSSR count). The first-order chi connectivity index (χ1) is 7.22. The van der Waals surface area contributed by atoms with Crippen molar-refractivity contribution in [3.8, 4) is 0 Å². The maximum Gasteiger partial charge on any atom is 0.0343 e. The molecule has 1 unspecified atom stereocenters. The average Bonchev–Trinajstić information content (AvgIpc) is 2.22. The van der Waals surface area contributed by atoms with E-state index in [1.807, 2.05) is 24.3 Å². The van der Waals surface area contributed by atoms with Gasteiger partial charge >= 0.3 is 0 Å². The highest BCUT2D eigenvalue weighted by molar-refractivity contribution is 5.51. The van der Waals surface area contributed by atoms with Crippen LogP contribution >= 0.6 is 0 Å². The van der Waals surface area contributed by atoms with Gasteiger partial charge in [-0.3, -0.25) is 0 Å². The minimum absolute atomic E-state index is 0.486. The first-order valence-electron chi connectivity index (χ1n) is 5.54. The summed E-state index contributed by atoms with van der Waals surface area (Å²) in [5.41, 5.74) is 13.0. The van der Waals surface area contributed by atoms with E-state index in [1.165, 1.54) is 6.42 Å². The third-order valence-corrected chi connectivity index (χ3v) is 2.42. The second-order valence-corrected chi connectivity index (χ2v) is 3.95. The first-order valence-corrected chi connectivity index (χ1v) is 5.54. The minimum Gasteiger partial charge on any atom is -0.399 e. The maximum atomic E-state index is 5.61. The van der Waals surface area contributed by atoms with Crippen molar-refractivity contribution < 1.29 is 0 Å². The molecule has 0 heterocycles. The standard InChI is InChI=1S/C12H21N3/c1-10(4-2-3-9-13)15-12-7-5-11(14)6-8-12/h5-8,10,15H,2-4,9,13-14H2,1H3. The van der Waals surface area contributed by atoms with E-state index in [-0.39, 0.29) is 0 Å². The number of rotatable bonds is 6. The first kappa shape index (κ1) is 11.9.